The Balaban J connectivity index is 1.62. The average Bonchev–Trinajstić information content (AvgIpc) is 3.24. The van der Waals surface area contributed by atoms with Crippen LogP contribution in [0.5, 0.6) is 0 Å². The van der Waals surface area contributed by atoms with Crippen molar-refractivity contribution in [1.29, 1.82) is 0 Å². The van der Waals surface area contributed by atoms with Crippen LogP contribution in [-0.4, -0.2) is 10.9 Å². The largest absolute Gasteiger partial charge is 0.416 e. The van der Waals surface area contributed by atoms with Gasteiger partial charge in [0.25, 0.3) is 0 Å². The summed E-state index contributed by atoms with van der Waals surface area (Å²) in [5.74, 6) is -0.307. The minimum Gasteiger partial charge on any atom is -0.298 e. The fraction of sp³-hybridized carbons (Fsp3) is 0.111. The van der Waals surface area contributed by atoms with Crippen molar-refractivity contribution >= 4 is 39.8 Å². The van der Waals surface area contributed by atoms with Crippen LogP contribution in [0.2, 0.25) is 0 Å². The standard InChI is InChI=1S/C18H13F3N2OS2/c19-18(20,21)13-4-1-3-12(9-13)10-15-11-22-17(26-15)23-16(24)7-6-14-5-2-8-25-14/h1-9,11H,10H2,(H,22,23,24)/b7-6+. The number of hydrogen-bond donors (Lipinski definition) is 1. The van der Waals surface area contributed by atoms with Crippen molar-refractivity contribution in [2.75, 3.05) is 5.32 Å². The summed E-state index contributed by atoms with van der Waals surface area (Å²) in [5.41, 5.74) is -0.134. The molecule has 0 aliphatic rings. The summed E-state index contributed by atoms with van der Waals surface area (Å²) in [5, 5.41) is 4.98. The van der Waals surface area contributed by atoms with E-state index in [2.05, 4.69) is 10.3 Å². The highest BCUT2D eigenvalue weighted by Gasteiger charge is 2.30. The molecule has 8 heteroatoms. The molecular formula is C18H13F3N2OS2. The molecule has 134 valence electrons. The molecular weight excluding hydrogens is 381 g/mol. The van der Waals surface area contributed by atoms with Crippen LogP contribution in [0.4, 0.5) is 18.3 Å². The second-order valence-electron chi connectivity index (χ2n) is 5.34. The number of amides is 1. The van der Waals surface area contributed by atoms with Gasteiger partial charge in [0.15, 0.2) is 5.13 Å². The van der Waals surface area contributed by atoms with Crippen LogP contribution >= 0.6 is 22.7 Å². The lowest BCUT2D eigenvalue weighted by Gasteiger charge is -2.07. The molecule has 2 heterocycles. The van der Waals surface area contributed by atoms with Crippen molar-refractivity contribution in [2.45, 2.75) is 12.6 Å². The molecule has 26 heavy (non-hydrogen) atoms. The lowest BCUT2D eigenvalue weighted by Crippen LogP contribution is -2.06. The van der Waals surface area contributed by atoms with Gasteiger partial charge in [-0.25, -0.2) is 4.98 Å². The number of benzene rings is 1. The third-order valence-corrected chi connectivity index (χ3v) is 5.11. The van der Waals surface area contributed by atoms with E-state index in [0.717, 1.165) is 21.9 Å². The second kappa shape index (κ2) is 7.84. The number of nitrogens with one attached hydrogen (secondary N) is 1. The van der Waals surface area contributed by atoms with Gasteiger partial charge in [0, 0.05) is 28.4 Å². The van der Waals surface area contributed by atoms with Gasteiger partial charge in [0.2, 0.25) is 5.91 Å². The quantitative estimate of drug-likeness (QED) is 0.584. The number of aromatic nitrogens is 1. The Kier molecular flexibility index (Phi) is 5.53. The molecule has 0 unspecified atom stereocenters. The lowest BCUT2D eigenvalue weighted by atomic mass is 10.1. The predicted octanol–water partition coefficient (Wildman–Crippen LogP) is 5.47. The molecule has 3 aromatic rings. The predicted molar refractivity (Wildman–Crippen MR) is 98.3 cm³/mol. The minimum absolute atomic E-state index is 0.307. The number of nitrogens with zero attached hydrogens (tertiary/aromatic N) is 1. The smallest absolute Gasteiger partial charge is 0.298 e. The maximum Gasteiger partial charge on any atom is 0.416 e. The first-order valence-electron chi connectivity index (χ1n) is 7.53. The molecule has 2 aromatic heterocycles. The molecule has 0 fully saturated rings. The Morgan fingerprint density at radius 1 is 1.23 bits per heavy atom. The average molecular weight is 394 g/mol. The van der Waals surface area contributed by atoms with Gasteiger partial charge >= 0.3 is 6.18 Å². The number of carbonyl (C=O) groups is 1. The van der Waals surface area contributed by atoms with Crippen molar-refractivity contribution in [3.8, 4) is 0 Å². The lowest BCUT2D eigenvalue weighted by molar-refractivity contribution is -0.137. The molecule has 0 aliphatic carbocycles. The monoisotopic (exact) mass is 394 g/mol. The summed E-state index contributed by atoms with van der Waals surface area (Å²) < 4.78 is 38.3. The Hall–Kier alpha value is -2.45. The van der Waals surface area contributed by atoms with Crippen LogP contribution < -0.4 is 5.32 Å². The molecule has 3 nitrogen and oxygen atoms in total. The maximum atomic E-state index is 12.8. The van der Waals surface area contributed by atoms with E-state index in [1.165, 1.54) is 34.8 Å². The van der Waals surface area contributed by atoms with Crippen molar-refractivity contribution in [3.63, 3.8) is 0 Å². The van der Waals surface area contributed by atoms with Gasteiger partial charge in [-0.1, -0.05) is 24.3 Å². The Morgan fingerprint density at radius 3 is 2.81 bits per heavy atom. The molecule has 0 spiro atoms. The third-order valence-electron chi connectivity index (χ3n) is 3.36. The number of halogens is 3. The van der Waals surface area contributed by atoms with E-state index in [1.807, 2.05) is 17.5 Å². The van der Waals surface area contributed by atoms with Crippen LogP contribution in [-0.2, 0) is 17.4 Å². The molecule has 0 radical (unpaired) electrons. The van der Waals surface area contributed by atoms with Crippen LogP contribution in [0.1, 0.15) is 20.9 Å². The zero-order valence-electron chi connectivity index (χ0n) is 13.3. The first-order valence-corrected chi connectivity index (χ1v) is 9.23. The first-order chi connectivity index (χ1) is 12.4. The first kappa shape index (κ1) is 18.3. The fourth-order valence-corrected chi connectivity index (χ4v) is 3.66. The molecule has 0 atom stereocenters. The highest BCUT2D eigenvalue weighted by molar-refractivity contribution is 7.15. The Labute approximate surface area is 155 Å². The number of thiophene rings is 1. The normalized spacial score (nSPS) is 11.8. The number of carbonyl (C=O) groups excluding carboxylic acids is 1. The molecule has 3 rings (SSSR count). The highest BCUT2D eigenvalue weighted by Crippen LogP contribution is 2.30. The zero-order chi connectivity index (χ0) is 18.6. The SMILES string of the molecule is O=C(/C=C/c1cccs1)Nc1ncc(Cc2cccc(C(F)(F)F)c2)s1. The van der Waals surface area contributed by atoms with Crippen LogP contribution in [0.15, 0.2) is 54.1 Å². The summed E-state index contributed by atoms with van der Waals surface area (Å²) in [4.78, 5) is 17.7. The van der Waals surface area contributed by atoms with Crippen molar-refractivity contribution in [3.05, 3.63) is 74.9 Å². The molecule has 1 N–H and O–H groups in total. The van der Waals surface area contributed by atoms with Crippen molar-refractivity contribution < 1.29 is 18.0 Å². The summed E-state index contributed by atoms with van der Waals surface area (Å²) in [6.45, 7) is 0. The van der Waals surface area contributed by atoms with E-state index in [0.29, 0.717) is 17.1 Å². The summed E-state index contributed by atoms with van der Waals surface area (Å²) >= 11 is 2.76. The number of alkyl halides is 3. The summed E-state index contributed by atoms with van der Waals surface area (Å²) in [6.07, 6.45) is 0.640. The van der Waals surface area contributed by atoms with Gasteiger partial charge in [-0.2, -0.15) is 13.2 Å². The van der Waals surface area contributed by atoms with Gasteiger partial charge in [0.1, 0.15) is 0 Å². The Morgan fingerprint density at radius 2 is 2.08 bits per heavy atom. The van der Waals surface area contributed by atoms with E-state index in [4.69, 9.17) is 0 Å². The molecule has 0 aliphatic heterocycles. The van der Waals surface area contributed by atoms with Crippen LogP contribution in [0, 0.1) is 0 Å². The second-order valence-corrected chi connectivity index (χ2v) is 7.44. The van der Waals surface area contributed by atoms with Gasteiger partial charge in [0.05, 0.1) is 5.56 Å². The molecule has 0 bridgehead atoms. The zero-order valence-corrected chi connectivity index (χ0v) is 14.9. The minimum atomic E-state index is -4.36. The summed E-state index contributed by atoms with van der Waals surface area (Å²) in [6, 6.07) is 8.98. The third kappa shape index (κ3) is 5.03. The number of rotatable bonds is 5. The number of thiazole rings is 1. The maximum absolute atomic E-state index is 12.8. The van der Waals surface area contributed by atoms with E-state index < -0.39 is 11.7 Å². The Bertz CT molecular complexity index is 915. The van der Waals surface area contributed by atoms with Gasteiger partial charge in [-0.3, -0.25) is 10.1 Å². The highest BCUT2D eigenvalue weighted by atomic mass is 32.1. The molecule has 1 amide bonds. The van der Waals surface area contributed by atoms with Crippen molar-refractivity contribution in [1.82, 2.24) is 4.98 Å². The summed E-state index contributed by atoms with van der Waals surface area (Å²) in [7, 11) is 0. The van der Waals surface area contributed by atoms with Crippen LogP contribution in [0.25, 0.3) is 6.08 Å². The van der Waals surface area contributed by atoms with E-state index in [-0.39, 0.29) is 5.91 Å². The van der Waals surface area contributed by atoms with E-state index in [9.17, 15) is 18.0 Å². The van der Waals surface area contributed by atoms with Gasteiger partial charge < -0.3 is 0 Å². The molecule has 0 saturated heterocycles. The van der Waals surface area contributed by atoms with Crippen LogP contribution in [0.3, 0.4) is 0 Å². The van der Waals surface area contributed by atoms with E-state index in [1.54, 1.807) is 18.3 Å². The molecule has 0 saturated carbocycles. The topological polar surface area (TPSA) is 42.0 Å². The van der Waals surface area contributed by atoms with Gasteiger partial charge in [-0.05, 0) is 29.2 Å². The fourth-order valence-electron chi connectivity index (χ4n) is 2.20. The van der Waals surface area contributed by atoms with Crippen molar-refractivity contribution in [2.24, 2.45) is 0 Å². The number of hydrogen-bond acceptors (Lipinski definition) is 4. The van der Waals surface area contributed by atoms with E-state index >= 15 is 0 Å². The number of anilines is 1. The van der Waals surface area contributed by atoms with Gasteiger partial charge in [-0.15, -0.1) is 22.7 Å². The molecule has 1 aromatic carbocycles.